The Balaban J connectivity index is 0. The summed E-state index contributed by atoms with van der Waals surface area (Å²) in [6, 6.07) is 0. The summed E-state index contributed by atoms with van der Waals surface area (Å²) in [4.78, 5) is 1.30. The number of allylic oxidation sites excluding steroid dienone is 2. The van der Waals surface area contributed by atoms with Crippen molar-refractivity contribution in [1.82, 2.24) is 0 Å². The van der Waals surface area contributed by atoms with Crippen LogP contribution in [0, 0.1) is 5.92 Å². The number of fused-ring (bicyclic) bond motifs is 3. The van der Waals surface area contributed by atoms with Crippen molar-refractivity contribution in [1.29, 1.82) is 0 Å². The van der Waals surface area contributed by atoms with Crippen LogP contribution in [0.25, 0.3) is 12.2 Å². The lowest BCUT2D eigenvalue weighted by Crippen LogP contribution is -2.18. The molecule has 140 valence electrons. The Hall–Kier alpha value is -1.22. The summed E-state index contributed by atoms with van der Waals surface area (Å²) in [5, 5.41) is 4.58. The number of rotatable bonds is 1. The van der Waals surface area contributed by atoms with E-state index in [2.05, 4.69) is 43.5 Å². The molecule has 1 aromatic heterocycles. The number of hydrogen-bond acceptors (Lipinski definition) is 3. The van der Waals surface area contributed by atoms with Crippen LogP contribution in [0.4, 0.5) is 5.00 Å². The van der Waals surface area contributed by atoms with Gasteiger partial charge in [-0.2, -0.15) is 0 Å². The molecule has 1 aliphatic carbocycles. The quantitative estimate of drug-likeness (QED) is 0.551. The maximum Gasteiger partial charge on any atom is 0.170 e. The third-order valence-corrected chi connectivity index (χ3v) is 4.05. The first kappa shape index (κ1) is 25.0. The van der Waals surface area contributed by atoms with Crippen LogP contribution in [0.2, 0.25) is 0 Å². The number of nitrogens with one attached hydrogen (secondary N) is 1. The van der Waals surface area contributed by atoms with Crippen LogP contribution in [0.5, 0.6) is 5.75 Å². The van der Waals surface area contributed by atoms with Crippen LogP contribution in [0.3, 0.4) is 0 Å². The molecule has 1 N–H and O–H groups in total. The minimum absolute atomic E-state index is 0.157. The first-order valence-electron chi connectivity index (χ1n) is 9.74. The van der Waals surface area contributed by atoms with E-state index < -0.39 is 0 Å². The zero-order valence-corrected chi connectivity index (χ0v) is 18.3. The summed E-state index contributed by atoms with van der Waals surface area (Å²) in [7, 11) is 0. The summed E-state index contributed by atoms with van der Waals surface area (Å²) in [5.74, 6) is 1.55. The van der Waals surface area contributed by atoms with Crippen molar-refractivity contribution in [2.24, 2.45) is 5.92 Å². The van der Waals surface area contributed by atoms with Gasteiger partial charge in [0.25, 0.3) is 0 Å². The van der Waals surface area contributed by atoms with Crippen LogP contribution >= 0.6 is 11.3 Å². The van der Waals surface area contributed by atoms with Crippen molar-refractivity contribution in [2.45, 2.75) is 81.9 Å². The predicted molar refractivity (Wildman–Crippen MR) is 115 cm³/mol. The summed E-state index contributed by atoms with van der Waals surface area (Å²) >= 11 is 1.78. The molecule has 2 unspecified atom stereocenters. The Morgan fingerprint density at radius 3 is 2.04 bits per heavy atom. The van der Waals surface area contributed by atoms with Crippen molar-refractivity contribution < 1.29 is 4.74 Å². The highest BCUT2D eigenvalue weighted by molar-refractivity contribution is 7.17. The monoisotopic (exact) mass is 353 g/mol. The molecule has 2 heterocycles. The van der Waals surface area contributed by atoms with Crippen molar-refractivity contribution in [3.8, 4) is 5.75 Å². The zero-order valence-electron chi connectivity index (χ0n) is 17.5. The highest BCUT2D eigenvalue weighted by Gasteiger charge is 2.27. The molecule has 3 rings (SSSR count). The molecule has 2 atom stereocenters. The summed E-state index contributed by atoms with van der Waals surface area (Å²) in [6.07, 6.45) is 9.99. The van der Waals surface area contributed by atoms with Gasteiger partial charge in [0.1, 0.15) is 5.00 Å². The average Bonchev–Trinajstić information content (AvgIpc) is 3.16. The SMILES string of the molecule is CC.CC.CC.CC.CCC1Nc2sc3c(c2O1)C=CC(C)C=C3. The van der Waals surface area contributed by atoms with Gasteiger partial charge in [-0.3, -0.25) is 0 Å². The first-order chi connectivity index (χ1) is 11.8. The van der Waals surface area contributed by atoms with Gasteiger partial charge in [-0.1, -0.05) is 87.5 Å². The molecule has 0 aromatic carbocycles. The maximum absolute atomic E-state index is 5.90. The van der Waals surface area contributed by atoms with Gasteiger partial charge in [-0.25, -0.2) is 0 Å². The van der Waals surface area contributed by atoms with Crippen molar-refractivity contribution >= 4 is 28.5 Å². The third kappa shape index (κ3) is 6.72. The smallest absolute Gasteiger partial charge is 0.170 e. The van der Waals surface area contributed by atoms with E-state index in [1.807, 2.05) is 55.4 Å². The molecule has 2 nitrogen and oxygen atoms in total. The summed E-state index contributed by atoms with van der Waals surface area (Å²) < 4.78 is 5.90. The van der Waals surface area contributed by atoms with E-state index in [-0.39, 0.29) is 6.23 Å². The second-order valence-corrected chi connectivity index (χ2v) is 5.33. The van der Waals surface area contributed by atoms with Crippen LogP contribution in [-0.2, 0) is 0 Å². The Bertz CT molecular complexity index is 474. The van der Waals surface area contributed by atoms with Crippen LogP contribution in [-0.4, -0.2) is 6.23 Å². The molecule has 3 heteroatoms. The van der Waals surface area contributed by atoms with Gasteiger partial charge in [-0.15, -0.1) is 11.3 Å². The molecule has 0 saturated carbocycles. The van der Waals surface area contributed by atoms with E-state index in [0.29, 0.717) is 5.92 Å². The second-order valence-electron chi connectivity index (χ2n) is 4.27. The Morgan fingerprint density at radius 1 is 0.958 bits per heavy atom. The molecule has 0 radical (unpaired) electrons. The minimum atomic E-state index is 0.157. The molecule has 0 amide bonds. The minimum Gasteiger partial charge on any atom is -0.467 e. The van der Waals surface area contributed by atoms with E-state index in [1.165, 1.54) is 15.4 Å². The zero-order chi connectivity index (χ0) is 19.1. The third-order valence-electron chi connectivity index (χ3n) is 2.97. The first-order valence-corrected chi connectivity index (χ1v) is 10.6. The fourth-order valence-electron chi connectivity index (χ4n) is 1.99. The lowest BCUT2D eigenvalue weighted by atomic mass is 10.1. The van der Waals surface area contributed by atoms with E-state index in [1.54, 1.807) is 11.3 Å². The summed E-state index contributed by atoms with van der Waals surface area (Å²) in [5.41, 5.74) is 1.24. The van der Waals surface area contributed by atoms with Crippen molar-refractivity contribution in [2.75, 3.05) is 5.32 Å². The topological polar surface area (TPSA) is 21.3 Å². The van der Waals surface area contributed by atoms with Gasteiger partial charge >= 0.3 is 0 Å². The van der Waals surface area contributed by atoms with Crippen LogP contribution in [0.1, 0.15) is 86.1 Å². The lowest BCUT2D eigenvalue weighted by molar-refractivity contribution is 0.248. The average molecular weight is 354 g/mol. The highest BCUT2D eigenvalue weighted by atomic mass is 32.1. The largest absolute Gasteiger partial charge is 0.467 e. The fourth-order valence-corrected chi connectivity index (χ4v) is 3.07. The molecule has 1 aliphatic heterocycles. The number of hydrogen-bond donors (Lipinski definition) is 1. The summed E-state index contributed by atoms with van der Waals surface area (Å²) in [6.45, 7) is 20.3. The van der Waals surface area contributed by atoms with Gasteiger partial charge in [0.15, 0.2) is 12.0 Å². The van der Waals surface area contributed by atoms with Gasteiger partial charge in [0, 0.05) is 16.9 Å². The normalized spacial score (nSPS) is 18.1. The van der Waals surface area contributed by atoms with E-state index in [9.17, 15) is 0 Å². The molecule has 0 saturated heterocycles. The predicted octanol–water partition coefficient (Wildman–Crippen LogP) is 8.07. The van der Waals surface area contributed by atoms with E-state index in [4.69, 9.17) is 4.74 Å². The van der Waals surface area contributed by atoms with Gasteiger partial charge < -0.3 is 10.1 Å². The van der Waals surface area contributed by atoms with Gasteiger partial charge in [0.2, 0.25) is 0 Å². The standard InChI is InChI=1S/C13H15NOS.4C2H6/c1-3-11-14-13-12(15-11)9-6-4-8(2)5-7-10(9)16-13;4*1-2/h4-8,11,14H,3H2,1-2H3;4*1-2H3. The maximum atomic E-state index is 5.90. The second kappa shape index (κ2) is 15.3. The molecule has 0 bridgehead atoms. The molecule has 2 aliphatic rings. The Kier molecular flexibility index (Phi) is 16.0. The molecule has 0 fully saturated rings. The van der Waals surface area contributed by atoms with Crippen molar-refractivity contribution in [3.05, 3.63) is 22.6 Å². The molecular weight excluding hydrogens is 314 g/mol. The van der Waals surface area contributed by atoms with Crippen molar-refractivity contribution in [3.63, 3.8) is 0 Å². The lowest BCUT2D eigenvalue weighted by Gasteiger charge is -2.08. The van der Waals surface area contributed by atoms with Gasteiger partial charge in [-0.05, 0) is 12.0 Å². The number of anilines is 1. The van der Waals surface area contributed by atoms with E-state index in [0.717, 1.165) is 12.2 Å². The molecular formula is C21H39NOS. The van der Waals surface area contributed by atoms with Crippen LogP contribution in [0.15, 0.2) is 12.2 Å². The molecule has 24 heavy (non-hydrogen) atoms. The van der Waals surface area contributed by atoms with E-state index >= 15 is 0 Å². The molecule has 0 spiro atoms. The molecule has 1 aromatic rings. The number of ether oxygens (including phenoxy) is 1. The van der Waals surface area contributed by atoms with Gasteiger partial charge in [0.05, 0.1) is 0 Å². The number of thiophene rings is 1. The fraction of sp³-hybridized carbons (Fsp3) is 0.619. The Labute approximate surface area is 155 Å². The van der Waals surface area contributed by atoms with Crippen LogP contribution < -0.4 is 10.1 Å². The highest BCUT2D eigenvalue weighted by Crippen LogP contribution is 2.47. The Morgan fingerprint density at radius 2 is 1.50 bits per heavy atom.